The standard InChI is InChI=1S/C20H15ClN4OS/c1-12-4-2-5-15(21)14(12)11-23-20-25-19(26)18(27-20)10-13-7-8-16-17(24-13)6-3-9-22-16/h2-10H,11H2,1H3,(H,23,25,26)/b18-10+. The molecule has 0 aliphatic carbocycles. The predicted molar refractivity (Wildman–Crippen MR) is 111 cm³/mol. The van der Waals surface area contributed by atoms with E-state index in [4.69, 9.17) is 11.6 Å². The second kappa shape index (κ2) is 7.50. The molecular weight excluding hydrogens is 380 g/mol. The van der Waals surface area contributed by atoms with Crippen molar-refractivity contribution in [2.24, 2.45) is 4.99 Å². The molecule has 0 atom stereocenters. The van der Waals surface area contributed by atoms with Gasteiger partial charge >= 0.3 is 0 Å². The largest absolute Gasteiger partial charge is 0.301 e. The zero-order chi connectivity index (χ0) is 18.8. The van der Waals surface area contributed by atoms with E-state index < -0.39 is 0 Å². The van der Waals surface area contributed by atoms with Crippen molar-refractivity contribution in [2.45, 2.75) is 13.5 Å². The van der Waals surface area contributed by atoms with E-state index in [2.05, 4.69) is 20.3 Å². The van der Waals surface area contributed by atoms with E-state index in [-0.39, 0.29) is 5.91 Å². The maximum Gasteiger partial charge on any atom is 0.264 e. The lowest BCUT2D eigenvalue weighted by Crippen LogP contribution is -2.19. The number of hydrogen-bond donors (Lipinski definition) is 1. The Labute approximate surface area is 165 Å². The van der Waals surface area contributed by atoms with Crippen LogP contribution in [0.3, 0.4) is 0 Å². The molecule has 134 valence electrons. The van der Waals surface area contributed by atoms with Gasteiger partial charge in [-0.2, -0.15) is 0 Å². The molecule has 0 saturated carbocycles. The highest BCUT2D eigenvalue weighted by molar-refractivity contribution is 8.18. The summed E-state index contributed by atoms with van der Waals surface area (Å²) in [6.45, 7) is 2.41. The summed E-state index contributed by atoms with van der Waals surface area (Å²) in [5, 5.41) is 4.04. The third-order valence-corrected chi connectivity index (χ3v) is 5.44. The lowest BCUT2D eigenvalue weighted by atomic mass is 10.1. The van der Waals surface area contributed by atoms with E-state index in [1.54, 1.807) is 12.3 Å². The molecule has 0 spiro atoms. The maximum atomic E-state index is 12.3. The monoisotopic (exact) mass is 394 g/mol. The van der Waals surface area contributed by atoms with Crippen molar-refractivity contribution >= 4 is 51.5 Å². The van der Waals surface area contributed by atoms with Gasteiger partial charge in [-0.1, -0.05) is 23.7 Å². The molecule has 1 amide bonds. The molecule has 1 aliphatic rings. The van der Waals surface area contributed by atoms with Crippen molar-refractivity contribution in [3.05, 3.63) is 75.4 Å². The zero-order valence-electron chi connectivity index (χ0n) is 14.4. The summed E-state index contributed by atoms with van der Waals surface area (Å²) in [4.78, 5) is 26.1. The summed E-state index contributed by atoms with van der Waals surface area (Å²) < 4.78 is 0. The highest BCUT2D eigenvalue weighted by atomic mass is 35.5. The number of pyridine rings is 2. The van der Waals surface area contributed by atoms with Crippen LogP contribution in [0.2, 0.25) is 5.02 Å². The van der Waals surface area contributed by atoms with Crippen LogP contribution in [-0.4, -0.2) is 21.0 Å². The summed E-state index contributed by atoms with van der Waals surface area (Å²) in [7, 11) is 0. The van der Waals surface area contributed by atoms with Crippen molar-refractivity contribution in [2.75, 3.05) is 0 Å². The number of nitrogens with one attached hydrogen (secondary N) is 1. The molecule has 0 unspecified atom stereocenters. The van der Waals surface area contributed by atoms with Gasteiger partial charge in [0.2, 0.25) is 0 Å². The maximum absolute atomic E-state index is 12.3. The molecule has 5 nitrogen and oxygen atoms in total. The third-order valence-electron chi connectivity index (χ3n) is 4.14. The Morgan fingerprint density at radius 1 is 1.19 bits per heavy atom. The van der Waals surface area contributed by atoms with E-state index >= 15 is 0 Å². The Morgan fingerprint density at radius 3 is 2.93 bits per heavy atom. The first-order valence-electron chi connectivity index (χ1n) is 8.31. The number of halogens is 1. The van der Waals surface area contributed by atoms with Gasteiger partial charge in [0.25, 0.3) is 5.91 Å². The summed E-state index contributed by atoms with van der Waals surface area (Å²) in [5.41, 5.74) is 4.35. The van der Waals surface area contributed by atoms with Crippen LogP contribution in [0, 0.1) is 6.92 Å². The van der Waals surface area contributed by atoms with Crippen LogP contribution in [0.5, 0.6) is 0 Å². The van der Waals surface area contributed by atoms with Gasteiger partial charge in [-0.25, -0.2) is 4.98 Å². The number of aryl methyl sites for hydroxylation is 1. The topological polar surface area (TPSA) is 67.2 Å². The van der Waals surface area contributed by atoms with Gasteiger partial charge in [0, 0.05) is 11.2 Å². The summed E-state index contributed by atoms with van der Waals surface area (Å²) in [6.07, 6.45) is 3.49. The van der Waals surface area contributed by atoms with Crippen LogP contribution in [0.25, 0.3) is 17.1 Å². The summed E-state index contributed by atoms with van der Waals surface area (Å²) in [5.74, 6) is -0.178. The first-order chi connectivity index (χ1) is 13.1. The Balaban J connectivity index is 1.55. The second-order valence-electron chi connectivity index (χ2n) is 6.00. The van der Waals surface area contributed by atoms with Crippen LogP contribution < -0.4 is 5.32 Å². The number of carbonyl (C=O) groups is 1. The fourth-order valence-corrected chi connectivity index (χ4v) is 3.79. The first-order valence-corrected chi connectivity index (χ1v) is 9.51. The first kappa shape index (κ1) is 17.7. The van der Waals surface area contributed by atoms with Crippen molar-refractivity contribution in [1.82, 2.24) is 15.3 Å². The molecule has 0 bridgehead atoms. The van der Waals surface area contributed by atoms with Crippen LogP contribution in [0.1, 0.15) is 16.8 Å². The molecule has 0 radical (unpaired) electrons. The number of aromatic nitrogens is 2. The van der Waals surface area contributed by atoms with E-state index in [0.29, 0.717) is 27.3 Å². The number of amidine groups is 1. The number of fused-ring (bicyclic) bond motifs is 1. The van der Waals surface area contributed by atoms with Gasteiger partial charge in [-0.15, -0.1) is 0 Å². The normalized spacial score (nSPS) is 17.0. The number of carbonyl (C=O) groups excluding carboxylic acids is 1. The second-order valence-corrected chi connectivity index (χ2v) is 7.44. The van der Waals surface area contributed by atoms with Crippen LogP contribution in [0.15, 0.2) is 58.6 Å². The van der Waals surface area contributed by atoms with E-state index in [0.717, 1.165) is 22.2 Å². The van der Waals surface area contributed by atoms with Gasteiger partial charge < -0.3 is 5.32 Å². The third kappa shape index (κ3) is 3.86. The van der Waals surface area contributed by atoms with Gasteiger partial charge in [0.05, 0.1) is 28.2 Å². The SMILES string of the molecule is Cc1cccc(Cl)c1CN=C1NC(=O)/C(=C\c2ccc3ncccc3n2)S1. The van der Waals surface area contributed by atoms with Crippen molar-refractivity contribution in [1.29, 1.82) is 0 Å². The van der Waals surface area contributed by atoms with Gasteiger partial charge in [0.15, 0.2) is 5.17 Å². The zero-order valence-corrected chi connectivity index (χ0v) is 16.0. The Bertz CT molecular complexity index is 1090. The van der Waals surface area contributed by atoms with Gasteiger partial charge in [-0.3, -0.25) is 14.8 Å². The predicted octanol–water partition coefficient (Wildman–Crippen LogP) is 4.35. The fraction of sp³-hybridized carbons (Fsp3) is 0.100. The Kier molecular flexibility index (Phi) is 4.92. The fourth-order valence-electron chi connectivity index (χ4n) is 2.71. The van der Waals surface area contributed by atoms with E-state index in [1.807, 2.05) is 49.4 Å². The smallest absolute Gasteiger partial charge is 0.264 e. The molecule has 1 fully saturated rings. The van der Waals surface area contributed by atoms with Gasteiger partial charge in [-0.05, 0) is 66.2 Å². The molecule has 1 N–H and O–H groups in total. The highest BCUT2D eigenvalue weighted by Gasteiger charge is 2.24. The average Bonchev–Trinajstić information content (AvgIpc) is 3.00. The number of thioether (sulfide) groups is 1. The average molecular weight is 395 g/mol. The van der Waals surface area contributed by atoms with Crippen LogP contribution >= 0.6 is 23.4 Å². The summed E-state index contributed by atoms with van der Waals surface area (Å²) in [6, 6.07) is 13.2. The molecule has 1 aliphatic heterocycles. The van der Waals surface area contributed by atoms with Crippen LogP contribution in [-0.2, 0) is 11.3 Å². The number of nitrogens with zero attached hydrogens (tertiary/aromatic N) is 3. The quantitative estimate of drug-likeness (QED) is 0.670. The molecule has 2 aromatic heterocycles. The lowest BCUT2D eigenvalue weighted by molar-refractivity contribution is -0.115. The number of rotatable bonds is 3. The number of hydrogen-bond acceptors (Lipinski definition) is 5. The van der Waals surface area contributed by atoms with Crippen molar-refractivity contribution in [3.8, 4) is 0 Å². The molecule has 27 heavy (non-hydrogen) atoms. The number of aliphatic imine (C=N–C) groups is 1. The molecule has 7 heteroatoms. The number of amides is 1. The molecule has 1 aromatic carbocycles. The van der Waals surface area contributed by atoms with E-state index in [9.17, 15) is 4.79 Å². The molecule has 3 aromatic rings. The minimum absolute atomic E-state index is 0.178. The molecular formula is C20H15ClN4OS. The lowest BCUT2D eigenvalue weighted by Gasteiger charge is -2.05. The molecule has 4 rings (SSSR count). The minimum Gasteiger partial charge on any atom is -0.301 e. The van der Waals surface area contributed by atoms with Crippen LogP contribution in [0.4, 0.5) is 0 Å². The Morgan fingerprint density at radius 2 is 2.07 bits per heavy atom. The number of benzene rings is 1. The Hall–Kier alpha value is -2.70. The van der Waals surface area contributed by atoms with Crippen molar-refractivity contribution in [3.63, 3.8) is 0 Å². The van der Waals surface area contributed by atoms with Crippen molar-refractivity contribution < 1.29 is 4.79 Å². The molecule has 1 saturated heterocycles. The van der Waals surface area contributed by atoms with Gasteiger partial charge in [0.1, 0.15) is 0 Å². The van der Waals surface area contributed by atoms with E-state index in [1.165, 1.54) is 11.8 Å². The highest BCUT2D eigenvalue weighted by Crippen LogP contribution is 2.27. The summed E-state index contributed by atoms with van der Waals surface area (Å²) >= 11 is 7.54. The molecule has 3 heterocycles. The minimum atomic E-state index is -0.178.